The lowest BCUT2D eigenvalue weighted by molar-refractivity contribution is -0.117. The maximum Gasteiger partial charge on any atom is 0.231 e. The van der Waals surface area contributed by atoms with Gasteiger partial charge < -0.3 is 10.1 Å². The molecule has 3 nitrogen and oxygen atoms in total. The number of halogens is 5. The van der Waals surface area contributed by atoms with Gasteiger partial charge in [0.1, 0.15) is 4.33 Å². The molecule has 1 fully saturated rings. The van der Waals surface area contributed by atoms with Gasteiger partial charge in [-0.2, -0.15) is 0 Å². The Morgan fingerprint density at radius 1 is 1.08 bits per heavy atom. The Balaban J connectivity index is 1.83. The van der Waals surface area contributed by atoms with Crippen LogP contribution in [0.3, 0.4) is 0 Å². The molecule has 1 aliphatic rings. The molecule has 0 saturated heterocycles. The second-order valence-electron chi connectivity index (χ2n) is 6.10. The first-order chi connectivity index (χ1) is 12.2. The van der Waals surface area contributed by atoms with E-state index in [-0.39, 0.29) is 5.91 Å². The molecule has 2 aromatic rings. The maximum absolute atomic E-state index is 12.7. The number of alkyl halides is 2. The lowest BCUT2D eigenvalue weighted by atomic mass is 10.1. The van der Waals surface area contributed by atoms with Crippen LogP contribution in [0.25, 0.3) is 0 Å². The number of methoxy groups -OCH3 is 1. The minimum Gasteiger partial charge on any atom is -0.494 e. The van der Waals surface area contributed by atoms with E-state index in [1.165, 1.54) is 7.11 Å². The predicted octanol–water partition coefficient (Wildman–Crippen LogP) is 6.49. The number of carbonyl (C=O) groups excluding carboxylic acids is 1. The molecule has 0 aliphatic heterocycles. The molecule has 3 rings (SSSR count). The number of hydrogen-bond acceptors (Lipinski definition) is 2. The van der Waals surface area contributed by atoms with Gasteiger partial charge in [-0.05, 0) is 48.4 Å². The topological polar surface area (TPSA) is 38.3 Å². The zero-order valence-corrected chi connectivity index (χ0v) is 17.5. The maximum atomic E-state index is 12.7. The van der Waals surface area contributed by atoms with Crippen molar-refractivity contribution in [1.82, 2.24) is 0 Å². The Bertz CT molecular complexity index is 861. The van der Waals surface area contributed by atoms with Gasteiger partial charge in [0.15, 0.2) is 5.75 Å². The molecule has 2 aromatic carbocycles. The molecule has 138 valence electrons. The van der Waals surface area contributed by atoms with Crippen molar-refractivity contribution in [3.63, 3.8) is 0 Å². The summed E-state index contributed by atoms with van der Waals surface area (Å²) in [6, 6.07) is 8.54. The summed E-state index contributed by atoms with van der Waals surface area (Å²) in [5, 5.41) is 4.11. The van der Waals surface area contributed by atoms with Crippen LogP contribution in [0.2, 0.25) is 15.1 Å². The number of benzene rings is 2. The molecule has 0 bridgehead atoms. The van der Waals surface area contributed by atoms with Crippen molar-refractivity contribution in [2.75, 3.05) is 12.4 Å². The van der Waals surface area contributed by atoms with Gasteiger partial charge in [0.05, 0.1) is 23.1 Å². The highest BCUT2D eigenvalue weighted by Gasteiger charge is 2.67. The van der Waals surface area contributed by atoms with Gasteiger partial charge in [-0.3, -0.25) is 4.79 Å². The first-order valence-electron chi connectivity index (χ1n) is 7.64. The number of rotatable bonds is 4. The molecule has 8 heteroatoms. The highest BCUT2D eigenvalue weighted by Crippen LogP contribution is 2.65. The largest absolute Gasteiger partial charge is 0.494 e. The first kappa shape index (κ1) is 19.9. The average Bonchev–Trinajstić information content (AvgIpc) is 3.13. The van der Waals surface area contributed by atoms with Crippen LogP contribution in [0.4, 0.5) is 5.69 Å². The van der Waals surface area contributed by atoms with Crippen molar-refractivity contribution in [2.45, 2.75) is 17.2 Å². The first-order valence-corrected chi connectivity index (χ1v) is 9.53. The van der Waals surface area contributed by atoms with Crippen LogP contribution in [-0.2, 0) is 4.79 Å². The van der Waals surface area contributed by atoms with Gasteiger partial charge in [-0.15, -0.1) is 23.2 Å². The fraction of sp³-hybridized carbons (Fsp3) is 0.278. The second-order valence-corrected chi connectivity index (χ2v) is 8.77. The molecular weight excluding hydrogens is 439 g/mol. The SMILES string of the molecule is COc1c(Cl)cc(C2C(C(=O)Nc3ccc(Cl)c(C)c3)C2(Cl)Cl)cc1Cl. The van der Waals surface area contributed by atoms with Crippen molar-refractivity contribution in [2.24, 2.45) is 5.92 Å². The number of amides is 1. The summed E-state index contributed by atoms with van der Waals surface area (Å²) in [5.74, 6) is -0.989. The second kappa shape index (κ2) is 7.29. The summed E-state index contributed by atoms with van der Waals surface area (Å²) in [4.78, 5) is 12.7. The van der Waals surface area contributed by atoms with Gasteiger partial charge in [0.2, 0.25) is 5.91 Å². The quantitative estimate of drug-likeness (QED) is 0.538. The Hall–Kier alpha value is -0.840. The number of nitrogens with one attached hydrogen (secondary N) is 1. The van der Waals surface area contributed by atoms with E-state index < -0.39 is 16.2 Å². The molecule has 1 saturated carbocycles. The molecule has 1 aliphatic carbocycles. The van der Waals surface area contributed by atoms with Crippen molar-refractivity contribution in [3.8, 4) is 5.75 Å². The van der Waals surface area contributed by atoms with E-state index in [2.05, 4.69) is 5.32 Å². The van der Waals surface area contributed by atoms with Gasteiger partial charge >= 0.3 is 0 Å². The third-order valence-corrected chi connectivity index (χ3v) is 6.27. The molecule has 0 heterocycles. The average molecular weight is 454 g/mol. The van der Waals surface area contributed by atoms with Crippen LogP contribution in [0, 0.1) is 12.8 Å². The summed E-state index contributed by atoms with van der Waals surface area (Å²) in [5.41, 5.74) is 2.16. The molecular formula is C18H14Cl5NO2. The Labute approximate surface area is 176 Å². The molecule has 26 heavy (non-hydrogen) atoms. The van der Waals surface area contributed by atoms with Gasteiger partial charge in [0, 0.05) is 16.6 Å². The number of anilines is 1. The van der Waals surface area contributed by atoms with Gasteiger partial charge in [-0.25, -0.2) is 0 Å². The number of hydrogen-bond donors (Lipinski definition) is 1. The van der Waals surface area contributed by atoms with Crippen molar-refractivity contribution in [3.05, 3.63) is 56.5 Å². The van der Waals surface area contributed by atoms with Gasteiger partial charge in [0.25, 0.3) is 0 Å². The van der Waals surface area contributed by atoms with Crippen molar-refractivity contribution < 1.29 is 9.53 Å². The van der Waals surface area contributed by atoms with Crippen molar-refractivity contribution in [1.29, 1.82) is 0 Å². The van der Waals surface area contributed by atoms with Crippen LogP contribution in [0.15, 0.2) is 30.3 Å². The third-order valence-electron chi connectivity index (χ3n) is 4.35. The normalized spacial score (nSPS) is 20.6. The molecule has 1 amide bonds. The van der Waals surface area contributed by atoms with Crippen molar-refractivity contribution >= 4 is 69.6 Å². The van der Waals surface area contributed by atoms with E-state index >= 15 is 0 Å². The van der Waals surface area contributed by atoms with Crippen LogP contribution >= 0.6 is 58.0 Å². The standard InChI is InChI=1S/C18H14Cl5NO2/c1-8-5-10(3-4-11(8)19)24-17(25)15-14(18(15,22)23)9-6-12(20)16(26-2)13(21)7-9/h3-7,14-15H,1-2H3,(H,24,25). The summed E-state index contributed by atoms with van der Waals surface area (Å²) in [7, 11) is 1.47. The zero-order valence-electron chi connectivity index (χ0n) is 13.7. The van der Waals surface area contributed by atoms with Crippen LogP contribution in [0.1, 0.15) is 17.0 Å². The van der Waals surface area contributed by atoms with E-state index in [1.54, 1.807) is 30.3 Å². The molecule has 0 radical (unpaired) electrons. The van der Waals surface area contributed by atoms with E-state index in [4.69, 9.17) is 62.7 Å². The summed E-state index contributed by atoms with van der Waals surface area (Å²) >= 11 is 31.1. The minimum absolute atomic E-state index is 0.287. The molecule has 2 unspecified atom stereocenters. The lowest BCUT2D eigenvalue weighted by Gasteiger charge is -2.09. The fourth-order valence-electron chi connectivity index (χ4n) is 2.96. The van der Waals surface area contributed by atoms with E-state index in [0.717, 1.165) is 5.56 Å². The number of aryl methyl sites for hydroxylation is 1. The number of carbonyl (C=O) groups is 1. The molecule has 1 N–H and O–H groups in total. The molecule has 0 spiro atoms. The fourth-order valence-corrected chi connectivity index (χ4v) is 4.57. The van der Waals surface area contributed by atoms with E-state index in [9.17, 15) is 4.79 Å². The summed E-state index contributed by atoms with van der Waals surface area (Å²) < 4.78 is 3.89. The summed E-state index contributed by atoms with van der Waals surface area (Å²) in [6.45, 7) is 1.85. The number of ether oxygens (including phenoxy) is 1. The van der Waals surface area contributed by atoms with E-state index in [0.29, 0.717) is 32.1 Å². The summed E-state index contributed by atoms with van der Waals surface area (Å²) in [6.07, 6.45) is 0. The molecule has 0 aromatic heterocycles. The Kier molecular flexibility index (Phi) is 5.58. The third kappa shape index (κ3) is 3.61. The van der Waals surface area contributed by atoms with Crippen LogP contribution in [0.5, 0.6) is 5.75 Å². The minimum atomic E-state index is -1.24. The van der Waals surface area contributed by atoms with Crippen LogP contribution in [-0.4, -0.2) is 17.4 Å². The van der Waals surface area contributed by atoms with Crippen LogP contribution < -0.4 is 10.1 Å². The Morgan fingerprint density at radius 3 is 2.23 bits per heavy atom. The monoisotopic (exact) mass is 451 g/mol. The smallest absolute Gasteiger partial charge is 0.231 e. The lowest BCUT2D eigenvalue weighted by Crippen LogP contribution is -2.17. The molecule has 2 atom stereocenters. The Morgan fingerprint density at radius 2 is 1.69 bits per heavy atom. The predicted molar refractivity (Wildman–Crippen MR) is 109 cm³/mol. The van der Waals surface area contributed by atoms with E-state index in [1.807, 2.05) is 6.92 Å². The highest BCUT2D eigenvalue weighted by atomic mass is 35.5. The zero-order chi connectivity index (χ0) is 19.2. The highest BCUT2D eigenvalue weighted by molar-refractivity contribution is 6.53. The van der Waals surface area contributed by atoms with Gasteiger partial charge in [-0.1, -0.05) is 34.8 Å².